The summed E-state index contributed by atoms with van der Waals surface area (Å²) in [6.45, 7) is 3.79. The lowest BCUT2D eigenvalue weighted by Gasteiger charge is -2.09. The monoisotopic (exact) mass is 396 g/mol. The molecule has 5 nitrogen and oxygen atoms in total. The van der Waals surface area contributed by atoms with Gasteiger partial charge < -0.3 is 10.6 Å². The van der Waals surface area contributed by atoms with Gasteiger partial charge in [-0.3, -0.25) is 4.79 Å². The lowest BCUT2D eigenvalue weighted by Crippen LogP contribution is -2.15. The van der Waals surface area contributed by atoms with Crippen molar-refractivity contribution in [1.29, 1.82) is 0 Å². The summed E-state index contributed by atoms with van der Waals surface area (Å²) >= 11 is 3.37. The van der Waals surface area contributed by atoms with Crippen LogP contribution in [0.5, 0.6) is 0 Å². The van der Waals surface area contributed by atoms with Crippen LogP contribution in [0.2, 0.25) is 0 Å². The number of benzene rings is 2. The highest BCUT2D eigenvalue weighted by atomic mass is 79.9. The van der Waals surface area contributed by atoms with Gasteiger partial charge in [0.15, 0.2) is 0 Å². The van der Waals surface area contributed by atoms with Gasteiger partial charge in [0.2, 0.25) is 0 Å². The van der Waals surface area contributed by atoms with E-state index in [1.807, 2.05) is 55.5 Å². The number of halogens is 1. The molecule has 0 bridgehead atoms. The van der Waals surface area contributed by atoms with E-state index in [0.29, 0.717) is 23.0 Å². The van der Waals surface area contributed by atoms with Gasteiger partial charge in [-0.2, -0.15) is 0 Å². The molecule has 3 aromatic rings. The first-order valence-corrected chi connectivity index (χ1v) is 8.55. The number of hydrogen-bond acceptors (Lipinski definition) is 4. The molecule has 0 saturated heterocycles. The number of aryl methyl sites for hydroxylation is 2. The van der Waals surface area contributed by atoms with Crippen LogP contribution in [0.4, 0.5) is 17.2 Å². The summed E-state index contributed by atoms with van der Waals surface area (Å²) in [6.07, 6.45) is 0. The zero-order valence-corrected chi connectivity index (χ0v) is 15.5. The zero-order valence-electron chi connectivity index (χ0n) is 13.9. The van der Waals surface area contributed by atoms with Crippen molar-refractivity contribution in [2.24, 2.45) is 0 Å². The van der Waals surface area contributed by atoms with Crippen LogP contribution in [-0.4, -0.2) is 15.9 Å². The zero-order chi connectivity index (χ0) is 17.8. The summed E-state index contributed by atoms with van der Waals surface area (Å²) in [6, 6.07) is 17.0. The first-order valence-electron chi connectivity index (χ1n) is 7.76. The minimum Gasteiger partial charge on any atom is -0.340 e. The van der Waals surface area contributed by atoms with Crippen molar-refractivity contribution >= 4 is 39.0 Å². The number of carbonyl (C=O) groups is 1. The minimum atomic E-state index is -0.278. The third kappa shape index (κ3) is 4.64. The number of nitrogens with zero attached hydrogens (tertiary/aromatic N) is 2. The molecular formula is C19H17BrN4O. The maximum atomic E-state index is 12.5. The van der Waals surface area contributed by atoms with Gasteiger partial charge >= 0.3 is 0 Å². The Hall–Kier alpha value is -2.73. The predicted molar refractivity (Wildman–Crippen MR) is 103 cm³/mol. The number of carbonyl (C=O) groups excluding carboxylic acids is 1. The van der Waals surface area contributed by atoms with E-state index < -0.39 is 0 Å². The quantitative estimate of drug-likeness (QED) is 0.661. The second-order valence-electron chi connectivity index (χ2n) is 5.64. The van der Waals surface area contributed by atoms with Crippen molar-refractivity contribution in [1.82, 2.24) is 9.97 Å². The van der Waals surface area contributed by atoms with Crippen LogP contribution < -0.4 is 10.6 Å². The molecule has 1 amide bonds. The van der Waals surface area contributed by atoms with Crippen molar-refractivity contribution in [3.05, 3.63) is 76.2 Å². The molecule has 0 radical (unpaired) electrons. The lowest BCUT2D eigenvalue weighted by molar-refractivity contribution is 0.102. The number of aromatic nitrogens is 2. The fraction of sp³-hybridized carbons (Fsp3) is 0.105. The molecule has 126 valence electrons. The second-order valence-corrected chi connectivity index (χ2v) is 6.55. The average molecular weight is 397 g/mol. The molecule has 2 aromatic carbocycles. The molecule has 0 aliphatic carbocycles. The number of rotatable bonds is 4. The minimum absolute atomic E-state index is 0.278. The van der Waals surface area contributed by atoms with E-state index >= 15 is 0 Å². The number of amides is 1. The molecule has 3 rings (SSSR count). The molecule has 2 N–H and O–H groups in total. The summed E-state index contributed by atoms with van der Waals surface area (Å²) < 4.78 is 0.952. The van der Waals surface area contributed by atoms with Crippen molar-refractivity contribution in [3.63, 3.8) is 0 Å². The normalized spacial score (nSPS) is 10.4. The van der Waals surface area contributed by atoms with Gasteiger partial charge in [0, 0.05) is 21.9 Å². The molecule has 0 aliphatic rings. The number of anilines is 3. The van der Waals surface area contributed by atoms with Crippen LogP contribution in [0, 0.1) is 13.8 Å². The highest BCUT2D eigenvalue weighted by Crippen LogP contribution is 2.18. The van der Waals surface area contributed by atoms with E-state index in [9.17, 15) is 4.79 Å². The van der Waals surface area contributed by atoms with Crippen LogP contribution in [-0.2, 0) is 0 Å². The predicted octanol–water partition coefficient (Wildman–Crippen LogP) is 4.85. The first-order chi connectivity index (χ1) is 12.0. The molecule has 0 aliphatic heterocycles. The molecule has 0 fully saturated rings. The Morgan fingerprint density at radius 3 is 2.24 bits per heavy atom. The van der Waals surface area contributed by atoms with E-state index in [1.54, 1.807) is 13.0 Å². The second kappa shape index (κ2) is 7.44. The van der Waals surface area contributed by atoms with Gasteiger partial charge in [0.1, 0.15) is 17.3 Å². The Morgan fingerprint density at radius 1 is 0.920 bits per heavy atom. The maximum absolute atomic E-state index is 12.5. The number of hydrogen-bond donors (Lipinski definition) is 2. The Morgan fingerprint density at radius 2 is 1.56 bits per heavy atom. The van der Waals surface area contributed by atoms with E-state index in [2.05, 4.69) is 36.5 Å². The molecule has 6 heteroatoms. The fourth-order valence-electron chi connectivity index (χ4n) is 2.26. The summed E-state index contributed by atoms with van der Waals surface area (Å²) in [7, 11) is 0. The molecule has 0 spiro atoms. The van der Waals surface area contributed by atoms with Crippen molar-refractivity contribution in [2.45, 2.75) is 13.8 Å². The van der Waals surface area contributed by atoms with E-state index in [4.69, 9.17) is 0 Å². The molecule has 0 unspecified atom stereocenters. The topological polar surface area (TPSA) is 66.9 Å². The molecule has 1 heterocycles. The van der Waals surface area contributed by atoms with Gasteiger partial charge in [-0.05, 0) is 50.2 Å². The SMILES string of the molecule is Cc1ccc(Nc2cc(C(=O)Nc3ccc(Br)cc3)nc(C)n2)cc1. The molecule has 25 heavy (non-hydrogen) atoms. The molecule has 1 aromatic heterocycles. The highest BCUT2D eigenvalue weighted by molar-refractivity contribution is 9.10. The van der Waals surface area contributed by atoms with Gasteiger partial charge in [-0.25, -0.2) is 9.97 Å². The van der Waals surface area contributed by atoms with Crippen LogP contribution in [0.15, 0.2) is 59.1 Å². The summed E-state index contributed by atoms with van der Waals surface area (Å²) in [5.74, 6) is 0.829. The van der Waals surface area contributed by atoms with Gasteiger partial charge in [0.25, 0.3) is 5.91 Å². The highest BCUT2D eigenvalue weighted by Gasteiger charge is 2.11. The summed E-state index contributed by atoms with van der Waals surface area (Å²) in [5.41, 5.74) is 3.10. The maximum Gasteiger partial charge on any atom is 0.274 e. The first kappa shape index (κ1) is 17.1. The van der Waals surface area contributed by atoms with Crippen LogP contribution in [0.3, 0.4) is 0 Å². The molecule has 0 saturated carbocycles. The third-order valence-corrected chi connectivity index (χ3v) is 4.03. The molecule has 0 atom stereocenters. The Balaban J connectivity index is 1.79. The third-order valence-electron chi connectivity index (χ3n) is 3.50. The summed E-state index contributed by atoms with van der Waals surface area (Å²) in [5, 5.41) is 6.03. The number of nitrogens with one attached hydrogen (secondary N) is 2. The van der Waals surface area contributed by atoms with Gasteiger partial charge in [0.05, 0.1) is 0 Å². The standard InChI is InChI=1S/C19H17BrN4O/c1-12-3-7-15(8-4-12)23-18-11-17(21-13(2)22-18)19(25)24-16-9-5-14(20)6-10-16/h3-11H,1-2H3,(H,24,25)(H,21,22,23). The van der Waals surface area contributed by atoms with Crippen molar-refractivity contribution in [2.75, 3.05) is 10.6 Å². The average Bonchev–Trinajstić information content (AvgIpc) is 2.58. The van der Waals surface area contributed by atoms with Gasteiger partial charge in [-0.15, -0.1) is 0 Å². The van der Waals surface area contributed by atoms with E-state index in [0.717, 1.165) is 10.2 Å². The van der Waals surface area contributed by atoms with Gasteiger partial charge in [-0.1, -0.05) is 33.6 Å². The Labute approximate surface area is 154 Å². The Kier molecular flexibility index (Phi) is 5.09. The lowest BCUT2D eigenvalue weighted by atomic mass is 10.2. The van der Waals surface area contributed by atoms with Crippen LogP contribution >= 0.6 is 15.9 Å². The van der Waals surface area contributed by atoms with Crippen LogP contribution in [0.25, 0.3) is 0 Å². The van der Waals surface area contributed by atoms with Crippen LogP contribution in [0.1, 0.15) is 21.9 Å². The Bertz CT molecular complexity index is 892. The fourth-order valence-corrected chi connectivity index (χ4v) is 2.53. The van der Waals surface area contributed by atoms with Crippen molar-refractivity contribution < 1.29 is 4.79 Å². The van der Waals surface area contributed by atoms with E-state index in [-0.39, 0.29) is 5.91 Å². The van der Waals surface area contributed by atoms with E-state index in [1.165, 1.54) is 5.56 Å². The largest absolute Gasteiger partial charge is 0.340 e. The smallest absolute Gasteiger partial charge is 0.274 e. The molecular weight excluding hydrogens is 380 g/mol. The van der Waals surface area contributed by atoms with Crippen molar-refractivity contribution in [3.8, 4) is 0 Å². The summed E-state index contributed by atoms with van der Waals surface area (Å²) in [4.78, 5) is 21.0.